The van der Waals surface area contributed by atoms with Crippen LogP contribution in [0.4, 0.5) is 17.6 Å². The minimum atomic E-state index is -4.45. The maximum Gasteiger partial charge on any atom is 0.416 e. The van der Waals surface area contributed by atoms with E-state index in [1.54, 1.807) is 23.1 Å². The fraction of sp³-hybridized carbons (Fsp3) is 0.391. The number of carbonyl (C=O) groups is 2. The van der Waals surface area contributed by atoms with Crippen molar-refractivity contribution in [3.05, 3.63) is 71.0 Å². The minimum absolute atomic E-state index is 0.134. The van der Waals surface area contributed by atoms with Gasteiger partial charge in [-0.2, -0.15) is 13.2 Å². The molecule has 1 heterocycles. The smallest absolute Gasteiger partial charge is 0.353 e. The molecule has 4 nitrogen and oxygen atoms in total. The second-order valence-electron chi connectivity index (χ2n) is 7.85. The minimum Gasteiger partial charge on any atom is -0.353 e. The van der Waals surface area contributed by atoms with E-state index in [2.05, 4.69) is 5.32 Å². The molecule has 3 rings (SSSR count). The van der Waals surface area contributed by atoms with Crippen molar-refractivity contribution >= 4 is 11.8 Å². The molecule has 166 valence electrons. The van der Waals surface area contributed by atoms with E-state index < -0.39 is 11.7 Å². The van der Waals surface area contributed by atoms with Crippen LogP contribution in [0.1, 0.15) is 41.3 Å². The topological polar surface area (TPSA) is 49.4 Å². The van der Waals surface area contributed by atoms with Crippen LogP contribution in [0.15, 0.2) is 48.5 Å². The largest absolute Gasteiger partial charge is 0.416 e. The Hall–Kier alpha value is -2.90. The lowest BCUT2D eigenvalue weighted by Gasteiger charge is -2.32. The first-order valence-electron chi connectivity index (χ1n) is 10.2. The fourth-order valence-electron chi connectivity index (χ4n) is 3.73. The van der Waals surface area contributed by atoms with Gasteiger partial charge in [-0.05, 0) is 62.1 Å². The van der Waals surface area contributed by atoms with Gasteiger partial charge in [-0.1, -0.05) is 18.2 Å². The number of alkyl halides is 3. The Labute approximate surface area is 178 Å². The number of piperidine rings is 1. The molecule has 1 unspecified atom stereocenters. The summed E-state index contributed by atoms with van der Waals surface area (Å²) in [4.78, 5) is 26.7. The van der Waals surface area contributed by atoms with Gasteiger partial charge in [0, 0.05) is 30.6 Å². The first-order chi connectivity index (χ1) is 14.6. The maximum absolute atomic E-state index is 13.8. The summed E-state index contributed by atoms with van der Waals surface area (Å²) < 4.78 is 51.8. The van der Waals surface area contributed by atoms with E-state index in [0.29, 0.717) is 37.9 Å². The molecular formula is C23H24F4N2O2. The third-order valence-corrected chi connectivity index (χ3v) is 5.48. The molecule has 0 saturated carbocycles. The highest BCUT2D eigenvalue weighted by Gasteiger charge is 2.31. The summed E-state index contributed by atoms with van der Waals surface area (Å²) in [5, 5.41) is 2.91. The van der Waals surface area contributed by atoms with Crippen molar-refractivity contribution in [2.45, 2.75) is 38.4 Å². The van der Waals surface area contributed by atoms with Gasteiger partial charge in [0.2, 0.25) is 5.91 Å². The van der Waals surface area contributed by atoms with Gasteiger partial charge in [0.1, 0.15) is 5.82 Å². The lowest BCUT2D eigenvalue weighted by atomic mass is 9.94. The zero-order valence-electron chi connectivity index (χ0n) is 17.1. The molecule has 1 fully saturated rings. The molecule has 2 aromatic rings. The highest BCUT2D eigenvalue weighted by molar-refractivity contribution is 5.94. The van der Waals surface area contributed by atoms with Crippen LogP contribution in [0, 0.1) is 11.7 Å². The second kappa shape index (κ2) is 9.49. The molecule has 0 spiro atoms. The van der Waals surface area contributed by atoms with E-state index in [1.165, 1.54) is 18.2 Å². The Kier molecular flexibility index (Phi) is 6.97. The molecule has 0 bridgehead atoms. The van der Waals surface area contributed by atoms with E-state index in [9.17, 15) is 27.2 Å². The van der Waals surface area contributed by atoms with Gasteiger partial charge in [0.05, 0.1) is 5.56 Å². The van der Waals surface area contributed by atoms with E-state index in [4.69, 9.17) is 0 Å². The number of benzene rings is 2. The first kappa shape index (κ1) is 22.8. The molecule has 2 aromatic carbocycles. The van der Waals surface area contributed by atoms with Crippen molar-refractivity contribution in [2.24, 2.45) is 5.92 Å². The van der Waals surface area contributed by atoms with Crippen LogP contribution in [0.2, 0.25) is 0 Å². The Morgan fingerprint density at radius 3 is 2.26 bits per heavy atom. The molecule has 1 aliphatic heterocycles. The number of hydrogen-bond acceptors (Lipinski definition) is 2. The number of nitrogens with one attached hydrogen (secondary N) is 1. The second-order valence-corrected chi connectivity index (χ2v) is 7.85. The lowest BCUT2D eigenvalue weighted by Crippen LogP contribution is -2.45. The summed E-state index contributed by atoms with van der Waals surface area (Å²) in [7, 11) is 0. The fourth-order valence-corrected chi connectivity index (χ4v) is 3.73. The van der Waals surface area contributed by atoms with Crippen LogP contribution in [-0.4, -0.2) is 35.8 Å². The summed E-state index contributed by atoms with van der Waals surface area (Å²) in [6, 6.07) is 10.3. The van der Waals surface area contributed by atoms with Gasteiger partial charge in [0.25, 0.3) is 5.91 Å². The lowest BCUT2D eigenvalue weighted by molar-refractivity contribution is -0.137. The standard InChI is InChI=1S/C23H24F4N2O2/c1-15(14-18-4-2-3-5-20(18)24)28-21(30)16-10-12-29(13-11-16)22(31)17-6-8-19(9-7-17)23(25,26)27/h2-9,15-16H,10-14H2,1H3,(H,28,30). The quantitative estimate of drug-likeness (QED) is 0.705. The van der Waals surface area contributed by atoms with Gasteiger partial charge in [0.15, 0.2) is 0 Å². The number of amides is 2. The zero-order chi connectivity index (χ0) is 22.6. The number of hydrogen-bond donors (Lipinski definition) is 1. The van der Waals surface area contributed by atoms with Crippen molar-refractivity contribution < 1.29 is 27.2 Å². The predicted molar refractivity (Wildman–Crippen MR) is 108 cm³/mol. The first-order valence-corrected chi connectivity index (χ1v) is 10.2. The van der Waals surface area contributed by atoms with Gasteiger partial charge in [-0.3, -0.25) is 9.59 Å². The predicted octanol–water partition coefficient (Wildman–Crippen LogP) is 4.44. The average molecular weight is 436 g/mol. The summed E-state index contributed by atoms with van der Waals surface area (Å²) in [5.74, 6) is -1.05. The summed E-state index contributed by atoms with van der Waals surface area (Å²) in [6.45, 7) is 2.51. The molecule has 1 aliphatic rings. The highest BCUT2D eigenvalue weighted by Crippen LogP contribution is 2.29. The zero-order valence-corrected chi connectivity index (χ0v) is 17.1. The van der Waals surface area contributed by atoms with Crippen LogP contribution in [0.25, 0.3) is 0 Å². The van der Waals surface area contributed by atoms with E-state index in [0.717, 1.165) is 12.1 Å². The van der Waals surface area contributed by atoms with Crippen molar-refractivity contribution in [3.8, 4) is 0 Å². The maximum atomic E-state index is 13.8. The van der Waals surface area contributed by atoms with Gasteiger partial charge < -0.3 is 10.2 Å². The molecule has 2 amide bonds. The SMILES string of the molecule is CC(Cc1ccccc1F)NC(=O)C1CCN(C(=O)c2ccc(C(F)(F)F)cc2)CC1. The molecule has 0 aliphatic carbocycles. The molecule has 1 N–H and O–H groups in total. The van der Waals surface area contributed by atoms with Crippen LogP contribution < -0.4 is 5.32 Å². The Morgan fingerprint density at radius 2 is 1.68 bits per heavy atom. The molecule has 1 atom stereocenters. The molecule has 8 heteroatoms. The van der Waals surface area contributed by atoms with E-state index in [1.807, 2.05) is 6.92 Å². The van der Waals surface area contributed by atoms with Gasteiger partial charge >= 0.3 is 6.18 Å². The summed E-state index contributed by atoms with van der Waals surface area (Å²) in [6.07, 6.45) is -3.14. The molecule has 0 aromatic heterocycles. The summed E-state index contributed by atoms with van der Waals surface area (Å²) in [5.41, 5.74) is -0.0781. The van der Waals surface area contributed by atoms with Crippen molar-refractivity contribution in [3.63, 3.8) is 0 Å². The molecule has 31 heavy (non-hydrogen) atoms. The van der Waals surface area contributed by atoms with Crippen LogP contribution in [0.3, 0.4) is 0 Å². The number of carbonyl (C=O) groups excluding carboxylic acids is 2. The third-order valence-electron chi connectivity index (χ3n) is 5.48. The number of halogens is 4. The van der Waals surface area contributed by atoms with Crippen molar-refractivity contribution in [2.75, 3.05) is 13.1 Å². The van der Waals surface area contributed by atoms with Crippen molar-refractivity contribution in [1.29, 1.82) is 0 Å². The third kappa shape index (κ3) is 5.83. The Balaban J connectivity index is 1.50. The van der Waals surface area contributed by atoms with Crippen LogP contribution >= 0.6 is 0 Å². The number of likely N-dealkylation sites (tertiary alicyclic amines) is 1. The average Bonchev–Trinajstić information content (AvgIpc) is 2.74. The highest BCUT2D eigenvalue weighted by atomic mass is 19.4. The van der Waals surface area contributed by atoms with Crippen LogP contribution in [0.5, 0.6) is 0 Å². The van der Waals surface area contributed by atoms with Crippen LogP contribution in [-0.2, 0) is 17.4 Å². The normalized spacial score (nSPS) is 16.1. The number of rotatable bonds is 5. The van der Waals surface area contributed by atoms with E-state index >= 15 is 0 Å². The number of nitrogens with zero attached hydrogens (tertiary/aromatic N) is 1. The molecule has 0 radical (unpaired) electrons. The molecule has 1 saturated heterocycles. The van der Waals surface area contributed by atoms with Gasteiger partial charge in [-0.15, -0.1) is 0 Å². The van der Waals surface area contributed by atoms with Gasteiger partial charge in [-0.25, -0.2) is 4.39 Å². The molecular weight excluding hydrogens is 412 g/mol. The Morgan fingerprint density at radius 1 is 1.06 bits per heavy atom. The monoisotopic (exact) mass is 436 g/mol. The Bertz CT molecular complexity index is 920. The van der Waals surface area contributed by atoms with Crippen molar-refractivity contribution in [1.82, 2.24) is 10.2 Å². The van der Waals surface area contributed by atoms with E-state index in [-0.39, 0.29) is 35.2 Å². The summed E-state index contributed by atoms with van der Waals surface area (Å²) >= 11 is 0.